The number of amides is 1. The van der Waals surface area contributed by atoms with Crippen LogP contribution >= 0.6 is 0 Å². The smallest absolute Gasteiger partial charge is 0.326 e. The van der Waals surface area contributed by atoms with Crippen molar-refractivity contribution in [2.45, 2.75) is 19.4 Å². The summed E-state index contributed by atoms with van der Waals surface area (Å²) in [6, 6.07) is 0.286. The van der Waals surface area contributed by atoms with Crippen LogP contribution in [0.3, 0.4) is 0 Å². The van der Waals surface area contributed by atoms with Crippen molar-refractivity contribution in [3.05, 3.63) is 41.7 Å². The first-order valence-electron chi connectivity index (χ1n) is 6.17. The van der Waals surface area contributed by atoms with Gasteiger partial charge in [-0.3, -0.25) is 9.59 Å². The first-order chi connectivity index (χ1) is 9.97. The Morgan fingerprint density at radius 2 is 2.14 bits per heavy atom. The Hall–Kier alpha value is -2.90. The van der Waals surface area contributed by atoms with Crippen LogP contribution in [0.2, 0.25) is 0 Å². The molecule has 1 atom stereocenters. The minimum atomic E-state index is -1.16. The number of carboxylic acids is 1. The van der Waals surface area contributed by atoms with Crippen LogP contribution in [0, 0.1) is 0 Å². The molecule has 0 fully saturated rings. The van der Waals surface area contributed by atoms with E-state index in [-0.39, 0.29) is 17.9 Å². The lowest BCUT2D eigenvalue weighted by molar-refractivity contribution is -0.139. The zero-order valence-corrected chi connectivity index (χ0v) is 11.2. The predicted octanol–water partition coefficient (Wildman–Crippen LogP) is 0.366. The van der Waals surface area contributed by atoms with Gasteiger partial charge in [-0.2, -0.15) is 0 Å². The summed E-state index contributed by atoms with van der Waals surface area (Å²) in [4.78, 5) is 43.6. The van der Waals surface area contributed by atoms with Crippen molar-refractivity contribution >= 4 is 17.7 Å². The molecule has 1 amide bonds. The van der Waals surface area contributed by atoms with Gasteiger partial charge < -0.3 is 20.4 Å². The molecule has 0 aliphatic heterocycles. The molecule has 0 spiro atoms. The van der Waals surface area contributed by atoms with E-state index < -0.39 is 17.9 Å². The van der Waals surface area contributed by atoms with Gasteiger partial charge in [-0.05, 0) is 13.0 Å². The highest BCUT2D eigenvalue weighted by molar-refractivity contribution is 6.00. The van der Waals surface area contributed by atoms with Crippen molar-refractivity contribution in [3.8, 4) is 0 Å². The Balaban J connectivity index is 2.07. The second-order valence-corrected chi connectivity index (χ2v) is 4.50. The maximum Gasteiger partial charge on any atom is 0.326 e. The molecule has 2 aromatic rings. The number of hydrogen-bond donors (Lipinski definition) is 4. The standard InChI is InChI=1S/C13H14N4O4/c1-7(18)8-2-10(15-4-8)12(19)17-11(13(20)21)3-9-5-14-6-16-9/h2,4-6,11,15H,3H2,1H3,(H,14,16)(H,17,19)(H,20,21)/t11-/m1/s1. The van der Waals surface area contributed by atoms with Crippen LogP contribution in [-0.2, 0) is 11.2 Å². The molecule has 0 unspecified atom stereocenters. The summed E-state index contributed by atoms with van der Waals surface area (Å²) in [6.45, 7) is 1.38. The van der Waals surface area contributed by atoms with Gasteiger partial charge in [-0.15, -0.1) is 0 Å². The molecule has 4 N–H and O–H groups in total. The van der Waals surface area contributed by atoms with Crippen molar-refractivity contribution in [1.29, 1.82) is 0 Å². The first kappa shape index (κ1) is 14.5. The Bertz CT molecular complexity index is 660. The fourth-order valence-corrected chi connectivity index (χ4v) is 1.78. The summed E-state index contributed by atoms with van der Waals surface area (Å²) in [5, 5.41) is 11.5. The van der Waals surface area contributed by atoms with Crippen LogP contribution in [0.4, 0.5) is 0 Å². The lowest BCUT2D eigenvalue weighted by atomic mass is 10.1. The Morgan fingerprint density at radius 3 is 2.67 bits per heavy atom. The van der Waals surface area contributed by atoms with Crippen LogP contribution in [0.15, 0.2) is 24.8 Å². The molecule has 0 aliphatic rings. The number of rotatable bonds is 6. The number of carbonyl (C=O) groups is 3. The lowest BCUT2D eigenvalue weighted by Crippen LogP contribution is -2.42. The van der Waals surface area contributed by atoms with E-state index in [1.807, 2.05) is 0 Å². The Kier molecular flexibility index (Phi) is 4.17. The van der Waals surface area contributed by atoms with Crippen molar-refractivity contribution in [3.63, 3.8) is 0 Å². The van der Waals surface area contributed by atoms with Crippen LogP contribution < -0.4 is 5.32 Å². The molecule has 2 rings (SSSR count). The summed E-state index contributed by atoms with van der Waals surface area (Å²) in [6.07, 6.45) is 4.41. The molecule has 8 heteroatoms. The number of imidazole rings is 1. The van der Waals surface area contributed by atoms with Gasteiger partial charge in [0, 0.05) is 30.1 Å². The molecule has 0 bridgehead atoms. The Morgan fingerprint density at radius 1 is 1.38 bits per heavy atom. The number of nitrogens with zero attached hydrogens (tertiary/aromatic N) is 1. The monoisotopic (exact) mass is 290 g/mol. The molecule has 2 aromatic heterocycles. The third kappa shape index (κ3) is 3.56. The van der Waals surface area contributed by atoms with E-state index in [9.17, 15) is 14.4 Å². The van der Waals surface area contributed by atoms with E-state index in [4.69, 9.17) is 5.11 Å². The fourth-order valence-electron chi connectivity index (χ4n) is 1.78. The molecule has 8 nitrogen and oxygen atoms in total. The molecule has 110 valence electrons. The van der Waals surface area contributed by atoms with Crippen molar-refractivity contribution in [1.82, 2.24) is 20.3 Å². The van der Waals surface area contributed by atoms with Gasteiger partial charge in [0.1, 0.15) is 11.7 Å². The number of carboxylic acid groups (broad SMARTS) is 1. The summed E-state index contributed by atoms with van der Waals surface area (Å²) >= 11 is 0. The number of hydrogen-bond acceptors (Lipinski definition) is 4. The topological polar surface area (TPSA) is 128 Å². The molecule has 0 radical (unpaired) electrons. The Labute approximate surface area is 119 Å². The van der Waals surface area contributed by atoms with Gasteiger partial charge in [-0.25, -0.2) is 9.78 Å². The van der Waals surface area contributed by atoms with Gasteiger partial charge in [0.2, 0.25) is 0 Å². The minimum Gasteiger partial charge on any atom is -0.480 e. The summed E-state index contributed by atoms with van der Waals surface area (Å²) in [7, 11) is 0. The van der Waals surface area contributed by atoms with E-state index in [1.54, 1.807) is 0 Å². The van der Waals surface area contributed by atoms with E-state index in [0.717, 1.165) is 0 Å². The average Bonchev–Trinajstić information content (AvgIpc) is 3.08. The highest BCUT2D eigenvalue weighted by Gasteiger charge is 2.22. The van der Waals surface area contributed by atoms with Gasteiger partial charge in [0.25, 0.3) is 5.91 Å². The molecule has 0 saturated carbocycles. The van der Waals surface area contributed by atoms with E-state index in [2.05, 4.69) is 20.3 Å². The zero-order valence-electron chi connectivity index (χ0n) is 11.2. The summed E-state index contributed by atoms with van der Waals surface area (Å²) in [5.41, 5.74) is 1.09. The number of Topliss-reactive ketones (excluding diaryl/α,β-unsaturated/α-hetero) is 1. The fraction of sp³-hybridized carbons (Fsp3) is 0.231. The molecular formula is C13H14N4O4. The number of carbonyl (C=O) groups excluding carboxylic acids is 2. The summed E-state index contributed by atoms with van der Waals surface area (Å²) in [5.74, 6) is -1.93. The quantitative estimate of drug-likeness (QED) is 0.571. The highest BCUT2D eigenvalue weighted by atomic mass is 16.4. The second kappa shape index (κ2) is 6.04. The maximum atomic E-state index is 12.0. The first-order valence-corrected chi connectivity index (χ1v) is 6.17. The largest absolute Gasteiger partial charge is 0.480 e. The van der Waals surface area contributed by atoms with Gasteiger partial charge in [-0.1, -0.05) is 0 Å². The van der Waals surface area contributed by atoms with E-state index >= 15 is 0 Å². The van der Waals surface area contributed by atoms with Gasteiger partial charge in [0.05, 0.1) is 6.33 Å². The van der Waals surface area contributed by atoms with E-state index in [1.165, 1.54) is 31.7 Å². The molecule has 0 saturated heterocycles. The lowest BCUT2D eigenvalue weighted by Gasteiger charge is -2.12. The van der Waals surface area contributed by atoms with Gasteiger partial charge >= 0.3 is 5.97 Å². The van der Waals surface area contributed by atoms with Crippen molar-refractivity contribution in [2.24, 2.45) is 0 Å². The van der Waals surface area contributed by atoms with Crippen LogP contribution in [-0.4, -0.2) is 43.8 Å². The van der Waals surface area contributed by atoms with E-state index in [0.29, 0.717) is 11.3 Å². The third-order valence-corrected chi connectivity index (χ3v) is 2.92. The number of nitrogens with one attached hydrogen (secondary N) is 3. The van der Waals surface area contributed by atoms with Gasteiger partial charge in [0.15, 0.2) is 5.78 Å². The van der Waals surface area contributed by atoms with Crippen LogP contribution in [0.1, 0.15) is 33.5 Å². The number of aromatic amines is 2. The molecule has 0 aromatic carbocycles. The van der Waals surface area contributed by atoms with Crippen LogP contribution in [0.25, 0.3) is 0 Å². The number of aliphatic carboxylic acids is 1. The molecule has 2 heterocycles. The van der Waals surface area contributed by atoms with Crippen molar-refractivity contribution in [2.75, 3.05) is 0 Å². The minimum absolute atomic E-state index is 0.0847. The number of H-pyrrole nitrogens is 2. The number of ketones is 1. The SMILES string of the molecule is CC(=O)c1c[nH]c(C(=O)N[C@H](Cc2cnc[nH]2)C(=O)O)c1. The normalized spacial score (nSPS) is 11.9. The molecule has 21 heavy (non-hydrogen) atoms. The number of aromatic nitrogens is 3. The van der Waals surface area contributed by atoms with Crippen LogP contribution in [0.5, 0.6) is 0 Å². The predicted molar refractivity (Wildman–Crippen MR) is 72.0 cm³/mol. The molecular weight excluding hydrogens is 276 g/mol. The molecule has 0 aliphatic carbocycles. The maximum absolute atomic E-state index is 12.0. The average molecular weight is 290 g/mol. The zero-order chi connectivity index (χ0) is 15.4. The summed E-state index contributed by atoms with van der Waals surface area (Å²) < 4.78 is 0. The van der Waals surface area contributed by atoms with Crippen molar-refractivity contribution < 1.29 is 19.5 Å². The third-order valence-electron chi connectivity index (χ3n) is 2.92. The highest BCUT2D eigenvalue weighted by Crippen LogP contribution is 2.06. The second-order valence-electron chi connectivity index (χ2n) is 4.50.